The lowest BCUT2D eigenvalue weighted by molar-refractivity contribution is -0.158. The normalized spacial score (nSPS) is 18.4. The van der Waals surface area contributed by atoms with Gasteiger partial charge in [0.05, 0.1) is 0 Å². The van der Waals surface area contributed by atoms with Gasteiger partial charge in [0.25, 0.3) is 5.92 Å². The highest BCUT2D eigenvalue weighted by atomic mass is 19.3. The summed E-state index contributed by atoms with van der Waals surface area (Å²) in [6.45, 7) is 0. The van der Waals surface area contributed by atoms with E-state index in [0.717, 1.165) is 16.7 Å². The molecule has 142 valence electrons. The minimum Gasteiger partial charge on any atom is -0.479 e. The largest absolute Gasteiger partial charge is 0.479 e. The Hall–Kier alpha value is -2.53. The molecule has 0 saturated carbocycles. The lowest BCUT2D eigenvalue weighted by Gasteiger charge is -2.24. The number of aliphatic hydroxyl groups is 1. The van der Waals surface area contributed by atoms with E-state index in [9.17, 15) is 23.8 Å². The van der Waals surface area contributed by atoms with Gasteiger partial charge in [-0.1, -0.05) is 60.7 Å². The van der Waals surface area contributed by atoms with E-state index in [1.165, 1.54) is 0 Å². The van der Waals surface area contributed by atoms with Crippen LogP contribution in [0, 0.1) is 0 Å². The van der Waals surface area contributed by atoms with Gasteiger partial charge in [-0.25, -0.2) is 13.6 Å². The van der Waals surface area contributed by atoms with Crippen molar-refractivity contribution >= 4 is 11.5 Å². The molecule has 0 bridgehead atoms. The predicted molar refractivity (Wildman–Crippen MR) is 99.7 cm³/mol. The summed E-state index contributed by atoms with van der Waals surface area (Å²) in [4.78, 5) is 11.7. The number of alkyl halides is 2. The maximum Gasteiger partial charge on any atom is 0.336 e. The van der Waals surface area contributed by atoms with Crippen LogP contribution in [0.5, 0.6) is 0 Å². The van der Waals surface area contributed by atoms with Crippen LogP contribution in [0.25, 0.3) is 5.57 Å². The zero-order chi connectivity index (χ0) is 19.5. The number of benzene rings is 2. The number of carboxylic acid groups (broad SMARTS) is 1. The third-order valence-corrected chi connectivity index (χ3v) is 4.97. The Morgan fingerprint density at radius 2 is 1.59 bits per heavy atom. The third kappa shape index (κ3) is 4.80. The van der Waals surface area contributed by atoms with E-state index in [1.54, 1.807) is 54.6 Å². The molecule has 0 saturated heterocycles. The van der Waals surface area contributed by atoms with Gasteiger partial charge in [0, 0.05) is 25.7 Å². The molecule has 0 amide bonds. The summed E-state index contributed by atoms with van der Waals surface area (Å²) in [6, 6.07) is 16.1. The van der Waals surface area contributed by atoms with Crippen LogP contribution in [0.4, 0.5) is 8.78 Å². The molecule has 27 heavy (non-hydrogen) atoms. The first-order valence-electron chi connectivity index (χ1n) is 8.93. The van der Waals surface area contributed by atoms with Gasteiger partial charge in [-0.05, 0) is 28.7 Å². The molecule has 1 aliphatic carbocycles. The van der Waals surface area contributed by atoms with E-state index in [2.05, 4.69) is 0 Å². The number of hydrogen-bond donors (Lipinski definition) is 2. The summed E-state index contributed by atoms with van der Waals surface area (Å²) in [7, 11) is 0. The fourth-order valence-corrected chi connectivity index (χ4v) is 3.38. The summed E-state index contributed by atoms with van der Waals surface area (Å²) in [5, 5.41) is 20.2. The van der Waals surface area contributed by atoms with Gasteiger partial charge in [0.2, 0.25) is 0 Å². The molecule has 1 aliphatic rings. The maximum atomic E-state index is 13.3. The summed E-state index contributed by atoms with van der Waals surface area (Å²) in [6.07, 6.45) is 1.46. The molecule has 2 aromatic rings. The lowest BCUT2D eigenvalue weighted by atomic mass is 9.86. The third-order valence-electron chi connectivity index (χ3n) is 4.97. The minimum atomic E-state index is -2.63. The van der Waals surface area contributed by atoms with Crippen molar-refractivity contribution in [3.05, 3.63) is 77.4 Å². The SMILES string of the molecule is O=C(O)[C@@](O)(Cc1ccccc1)Cc1ccc(C2=CCC(F)(F)CC2)cc1. The Balaban J connectivity index is 1.74. The quantitative estimate of drug-likeness (QED) is 0.785. The molecule has 2 aromatic carbocycles. The van der Waals surface area contributed by atoms with Crippen LogP contribution < -0.4 is 0 Å². The van der Waals surface area contributed by atoms with Crippen molar-refractivity contribution in [2.45, 2.75) is 43.6 Å². The zero-order valence-electron chi connectivity index (χ0n) is 14.9. The second-order valence-electron chi connectivity index (χ2n) is 7.16. The Morgan fingerprint density at radius 3 is 2.11 bits per heavy atom. The average molecular weight is 372 g/mol. The number of carboxylic acids is 1. The van der Waals surface area contributed by atoms with Gasteiger partial charge >= 0.3 is 5.97 Å². The number of halogens is 2. The Kier molecular flexibility index (Phi) is 5.42. The first-order valence-corrected chi connectivity index (χ1v) is 8.93. The number of hydrogen-bond acceptors (Lipinski definition) is 2. The highest BCUT2D eigenvalue weighted by molar-refractivity contribution is 5.78. The van der Waals surface area contributed by atoms with E-state index in [0.29, 0.717) is 12.0 Å². The van der Waals surface area contributed by atoms with E-state index >= 15 is 0 Å². The van der Waals surface area contributed by atoms with Crippen LogP contribution in [-0.4, -0.2) is 27.7 Å². The van der Waals surface area contributed by atoms with Gasteiger partial charge in [-0.3, -0.25) is 0 Å². The second kappa shape index (κ2) is 7.61. The number of carbonyl (C=O) groups is 1. The Bertz CT molecular complexity index is 828. The lowest BCUT2D eigenvalue weighted by Crippen LogP contribution is -2.43. The van der Waals surface area contributed by atoms with E-state index in [1.807, 2.05) is 6.07 Å². The molecule has 0 unspecified atom stereocenters. The van der Waals surface area contributed by atoms with Gasteiger partial charge in [0.1, 0.15) is 0 Å². The smallest absolute Gasteiger partial charge is 0.336 e. The summed E-state index contributed by atoms with van der Waals surface area (Å²) in [5.74, 6) is -3.90. The van der Waals surface area contributed by atoms with Gasteiger partial charge in [-0.2, -0.15) is 0 Å². The topological polar surface area (TPSA) is 57.5 Å². The molecule has 0 fully saturated rings. The number of rotatable bonds is 6. The molecule has 0 radical (unpaired) electrons. The zero-order valence-corrected chi connectivity index (χ0v) is 14.9. The van der Waals surface area contributed by atoms with Crippen LogP contribution in [0.3, 0.4) is 0 Å². The van der Waals surface area contributed by atoms with Crippen LogP contribution in [0.15, 0.2) is 60.7 Å². The predicted octanol–water partition coefficient (Wildman–Crippen LogP) is 4.49. The molecule has 0 heterocycles. The van der Waals surface area contributed by atoms with Crippen LogP contribution >= 0.6 is 0 Å². The van der Waals surface area contributed by atoms with Gasteiger partial charge in [-0.15, -0.1) is 0 Å². The van der Waals surface area contributed by atoms with Crippen molar-refractivity contribution in [2.24, 2.45) is 0 Å². The van der Waals surface area contributed by atoms with Crippen LogP contribution in [0.1, 0.15) is 36.0 Å². The molecule has 0 aliphatic heterocycles. The molecule has 1 atom stereocenters. The first-order chi connectivity index (χ1) is 12.8. The molecule has 2 N–H and O–H groups in total. The Labute approximate surface area is 157 Å². The minimum absolute atomic E-state index is 0.00512. The molecule has 5 heteroatoms. The van der Waals surface area contributed by atoms with Crippen molar-refractivity contribution in [2.75, 3.05) is 0 Å². The summed E-state index contributed by atoms with van der Waals surface area (Å²) in [5.41, 5.74) is 1.25. The molecule has 3 nitrogen and oxygen atoms in total. The molecule has 0 spiro atoms. The van der Waals surface area contributed by atoms with E-state index < -0.39 is 17.5 Å². The maximum absolute atomic E-state index is 13.3. The van der Waals surface area contributed by atoms with Crippen molar-refractivity contribution in [3.63, 3.8) is 0 Å². The first kappa shape index (κ1) is 19.2. The summed E-state index contributed by atoms with van der Waals surface area (Å²) >= 11 is 0. The van der Waals surface area contributed by atoms with Crippen LogP contribution in [-0.2, 0) is 17.6 Å². The standard InChI is InChI=1S/C22H22F2O3/c23-22(24)12-10-19(11-13-22)18-8-6-17(7-9-18)15-21(27,20(25)26)14-16-4-2-1-3-5-16/h1-10,27H,11-15H2,(H,25,26)/t21-/m1/s1. The number of aliphatic carboxylic acids is 1. The highest BCUT2D eigenvalue weighted by Crippen LogP contribution is 2.36. The Morgan fingerprint density at radius 1 is 1.00 bits per heavy atom. The van der Waals surface area contributed by atoms with Crippen molar-refractivity contribution in [1.29, 1.82) is 0 Å². The van der Waals surface area contributed by atoms with Gasteiger partial charge in [0.15, 0.2) is 5.60 Å². The van der Waals surface area contributed by atoms with Gasteiger partial charge < -0.3 is 10.2 Å². The fourth-order valence-electron chi connectivity index (χ4n) is 3.38. The number of allylic oxidation sites excluding steroid dienone is 2. The van der Waals surface area contributed by atoms with E-state index in [4.69, 9.17) is 0 Å². The average Bonchev–Trinajstić information content (AvgIpc) is 2.63. The van der Waals surface area contributed by atoms with Crippen molar-refractivity contribution < 1.29 is 23.8 Å². The van der Waals surface area contributed by atoms with E-state index in [-0.39, 0.29) is 25.7 Å². The highest BCUT2D eigenvalue weighted by Gasteiger charge is 2.36. The van der Waals surface area contributed by atoms with Crippen molar-refractivity contribution in [1.82, 2.24) is 0 Å². The second-order valence-corrected chi connectivity index (χ2v) is 7.16. The fraction of sp³-hybridized carbons (Fsp3) is 0.318. The molecule has 3 rings (SSSR count). The summed E-state index contributed by atoms with van der Waals surface area (Å²) < 4.78 is 26.5. The molecule has 0 aromatic heterocycles. The van der Waals surface area contributed by atoms with Crippen LogP contribution in [0.2, 0.25) is 0 Å². The molecular formula is C22H22F2O3. The monoisotopic (exact) mass is 372 g/mol. The molecular weight excluding hydrogens is 350 g/mol. The van der Waals surface area contributed by atoms with Crippen molar-refractivity contribution in [3.8, 4) is 0 Å².